The molecular formula is C9H8N4S. The summed E-state index contributed by atoms with van der Waals surface area (Å²) in [4.78, 5) is 4.16. The van der Waals surface area contributed by atoms with Gasteiger partial charge < -0.3 is 0 Å². The lowest BCUT2D eigenvalue weighted by molar-refractivity contribution is 0.657. The molecule has 0 atom stereocenters. The summed E-state index contributed by atoms with van der Waals surface area (Å²) in [6, 6.07) is 2.07. The first-order valence-electron chi connectivity index (χ1n) is 4.22. The Morgan fingerprint density at radius 2 is 2.50 bits per heavy atom. The lowest BCUT2D eigenvalue weighted by Gasteiger charge is -1.89. The molecule has 0 aromatic carbocycles. The largest absolute Gasteiger partial charge is 0.271 e. The molecule has 14 heavy (non-hydrogen) atoms. The van der Waals surface area contributed by atoms with E-state index in [2.05, 4.69) is 16.2 Å². The number of nitriles is 1. The molecule has 0 spiro atoms. The van der Waals surface area contributed by atoms with Crippen LogP contribution in [0.15, 0.2) is 17.8 Å². The topological polar surface area (TPSA) is 54.5 Å². The Labute approximate surface area is 85.4 Å². The number of nitrogens with zero attached hydrogens (tertiary/aromatic N) is 4. The monoisotopic (exact) mass is 204 g/mol. The third-order valence-corrected chi connectivity index (χ3v) is 2.66. The minimum atomic E-state index is 0.446. The molecule has 0 unspecified atom stereocenters. The minimum Gasteiger partial charge on any atom is -0.271 e. The van der Waals surface area contributed by atoms with Crippen molar-refractivity contribution >= 4 is 11.3 Å². The molecule has 0 aliphatic carbocycles. The van der Waals surface area contributed by atoms with Crippen LogP contribution in [-0.4, -0.2) is 14.8 Å². The van der Waals surface area contributed by atoms with Gasteiger partial charge in [0, 0.05) is 24.3 Å². The molecule has 0 radical (unpaired) electrons. The molecule has 0 saturated carbocycles. The molecule has 0 bridgehead atoms. The van der Waals surface area contributed by atoms with E-state index in [1.165, 1.54) is 11.3 Å². The van der Waals surface area contributed by atoms with Gasteiger partial charge in [-0.1, -0.05) is 0 Å². The second-order valence-electron chi connectivity index (χ2n) is 2.70. The van der Waals surface area contributed by atoms with Crippen LogP contribution in [0.2, 0.25) is 0 Å². The van der Waals surface area contributed by atoms with Gasteiger partial charge in [0.25, 0.3) is 0 Å². The number of aromatic nitrogens is 3. The normalized spacial score (nSPS) is 10.0. The van der Waals surface area contributed by atoms with Crippen LogP contribution in [0.4, 0.5) is 0 Å². The van der Waals surface area contributed by atoms with Crippen LogP contribution in [0.1, 0.15) is 12.6 Å². The zero-order chi connectivity index (χ0) is 9.97. The lowest BCUT2D eigenvalue weighted by Crippen LogP contribution is -1.93. The van der Waals surface area contributed by atoms with Crippen molar-refractivity contribution in [2.75, 3.05) is 0 Å². The molecule has 70 valence electrons. The molecule has 2 rings (SSSR count). The Bertz CT molecular complexity index is 463. The highest BCUT2D eigenvalue weighted by molar-refractivity contribution is 7.13. The molecule has 2 heterocycles. The predicted molar refractivity (Wildman–Crippen MR) is 53.7 cm³/mol. The number of hydrogen-bond donors (Lipinski definition) is 0. The number of rotatable bonds is 2. The smallest absolute Gasteiger partial charge is 0.172 e. The fourth-order valence-electron chi connectivity index (χ4n) is 1.18. The Hall–Kier alpha value is -1.67. The standard InChI is InChI=1S/C9H8N4S/c1-2-13-6-7(8(5-10)12-13)9-11-3-4-14-9/h3-4,6H,2H2,1H3. The van der Waals surface area contributed by atoms with Gasteiger partial charge in [-0.25, -0.2) is 4.98 Å². The summed E-state index contributed by atoms with van der Waals surface area (Å²) >= 11 is 1.51. The molecular weight excluding hydrogens is 196 g/mol. The molecule has 0 N–H and O–H groups in total. The molecule has 2 aromatic heterocycles. The van der Waals surface area contributed by atoms with Gasteiger partial charge in [-0.3, -0.25) is 4.68 Å². The highest BCUT2D eigenvalue weighted by Crippen LogP contribution is 2.24. The van der Waals surface area contributed by atoms with Crippen molar-refractivity contribution in [2.45, 2.75) is 13.5 Å². The summed E-state index contributed by atoms with van der Waals surface area (Å²) < 4.78 is 1.75. The van der Waals surface area contributed by atoms with Gasteiger partial charge in [-0.05, 0) is 6.92 Å². The van der Waals surface area contributed by atoms with E-state index >= 15 is 0 Å². The molecule has 4 nitrogen and oxygen atoms in total. The van der Waals surface area contributed by atoms with Gasteiger partial charge in [-0.2, -0.15) is 10.4 Å². The highest BCUT2D eigenvalue weighted by atomic mass is 32.1. The third kappa shape index (κ3) is 1.40. The zero-order valence-corrected chi connectivity index (χ0v) is 8.45. The Kier molecular flexibility index (Phi) is 2.29. The summed E-state index contributed by atoms with van der Waals surface area (Å²) in [5, 5.41) is 15.7. The average Bonchev–Trinajstić information content (AvgIpc) is 2.85. The van der Waals surface area contributed by atoms with Crippen molar-refractivity contribution in [1.82, 2.24) is 14.8 Å². The van der Waals surface area contributed by atoms with E-state index in [1.807, 2.05) is 18.5 Å². The quantitative estimate of drug-likeness (QED) is 0.750. The predicted octanol–water partition coefficient (Wildman–Crippen LogP) is 1.90. The van der Waals surface area contributed by atoms with Gasteiger partial charge in [0.15, 0.2) is 5.69 Å². The van der Waals surface area contributed by atoms with Crippen LogP contribution < -0.4 is 0 Å². The van der Waals surface area contributed by atoms with E-state index in [0.29, 0.717) is 5.69 Å². The first kappa shape index (κ1) is 8.91. The Balaban J connectivity index is 2.53. The van der Waals surface area contributed by atoms with E-state index in [0.717, 1.165) is 17.1 Å². The first-order chi connectivity index (χ1) is 6.85. The van der Waals surface area contributed by atoms with Crippen molar-refractivity contribution in [3.8, 4) is 16.6 Å². The number of thiazole rings is 1. The van der Waals surface area contributed by atoms with E-state index in [4.69, 9.17) is 5.26 Å². The molecule has 2 aromatic rings. The molecule has 0 aliphatic heterocycles. The van der Waals surface area contributed by atoms with Gasteiger partial charge in [0.05, 0.1) is 5.56 Å². The molecule has 0 saturated heterocycles. The van der Waals surface area contributed by atoms with E-state index in [-0.39, 0.29) is 0 Å². The molecule has 5 heteroatoms. The SMILES string of the molecule is CCn1cc(-c2nccs2)c(C#N)n1. The van der Waals surface area contributed by atoms with Gasteiger partial charge in [0.2, 0.25) is 0 Å². The Morgan fingerprint density at radius 3 is 3.07 bits per heavy atom. The van der Waals surface area contributed by atoms with Crippen molar-refractivity contribution in [3.05, 3.63) is 23.5 Å². The third-order valence-electron chi connectivity index (χ3n) is 1.85. The fraction of sp³-hybridized carbons (Fsp3) is 0.222. The Morgan fingerprint density at radius 1 is 1.64 bits per heavy atom. The van der Waals surface area contributed by atoms with Crippen LogP contribution in [0.25, 0.3) is 10.6 Å². The summed E-state index contributed by atoms with van der Waals surface area (Å²) in [5.41, 5.74) is 1.27. The van der Waals surface area contributed by atoms with Crippen LogP contribution in [0.5, 0.6) is 0 Å². The van der Waals surface area contributed by atoms with E-state index in [9.17, 15) is 0 Å². The number of hydrogen-bond acceptors (Lipinski definition) is 4. The lowest BCUT2D eigenvalue weighted by atomic mass is 10.3. The van der Waals surface area contributed by atoms with Crippen LogP contribution in [0, 0.1) is 11.3 Å². The van der Waals surface area contributed by atoms with Crippen molar-refractivity contribution < 1.29 is 0 Å². The fourth-order valence-corrected chi connectivity index (χ4v) is 1.83. The minimum absolute atomic E-state index is 0.446. The first-order valence-corrected chi connectivity index (χ1v) is 5.10. The van der Waals surface area contributed by atoms with Gasteiger partial charge >= 0.3 is 0 Å². The second kappa shape index (κ2) is 3.60. The highest BCUT2D eigenvalue weighted by Gasteiger charge is 2.11. The second-order valence-corrected chi connectivity index (χ2v) is 3.59. The summed E-state index contributed by atoms with van der Waals surface area (Å²) in [6.07, 6.45) is 3.59. The molecule has 0 aliphatic rings. The number of aryl methyl sites for hydroxylation is 1. The summed E-state index contributed by atoms with van der Waals surface area (Å²) in [7, 11) is 0. The average molecular weight is 204 g/mol. The maximum Gasteiger partial charge on any atom is 0.172 e. The maximum atomic E-state index is 8.88. The summed E-state index contributed by atoms with van der Waals surface area (Å²) in [5.74, 6) is 0. The van der Waals surface area contributed by atoms with Crippen molar-refractivity contribution in [3.63, 3.8) is 0 Å². The van der Waals surface area contributed by atoms with Gasteiger partial charge in [-0.15, -0.1) is 11.3 Å². The van der Waals surface area contributed by atoms with E-state index in [1.54, 1.807) is 10.9 Å². The van der Waals surface area contributed by atoms with Crippen LogP contribution in [0.3, 0.4) is 0 Å². The molecule has 0 fully saturated rings. The summed E-state index contributed by atoms with van der Waals surface area (Å²) in [6.45, 7) is 2.75. The van der Waals surface area contributed by atoms with Crippen LogP contribution in [-0.2, 0) is 6.54 Å². The molecule has 0 amide bonds. The van der Waals surface area contributed by atoms with Crippen molar-refractivity contribution in [1.29, 1.82) is 5.26 Å². The van der Waals surface area contributed by atoms with Crippen LogP contribution >= 0.6 is 11.3 Å². The van der Waals surface area contributed by atoms with Gasteiger partial charge in [0.1, 0.15) is 11.1 Å². The maximum absolute atomic E-state index is 8.88. The van der Waals surface area contributed by atoms with Crippen molar-refractivity contribution in [2.24, 2.45) is 0 Å². The zero-order valence-electron chi connectivity index (χ0n) is 7.64. The van der Waals surface area contributed by atoms with E-state index < -0.39 is 0 Å².